The van der Waals surface area contributed by atoms with Crippen LogP contribution < -0.4 is 0 Å². The molecule has 0 aliphatic heterocycles. The second-order valence-electron chi connectivity index (χ2n) is 18.3. The minimum Gasteiger partial charge on any atom is -0.462 e. The van der Waals surface area contributed by atoms with Crippen LogP contribution in [0.2, 0.25) is 0 Å². The Balaban J connectivity index is 3.60. The Morgan fingerprint density at radius 2 is 0.614 bits per heavy atom. The molecule has 0 amide bonds. The van der Waals surface area contributed by atoms with Crippen LogP contribution in [-0.4, -0.2) is 36.4 Å². The van der Waals surface area contributed by atoms with E-state index >= 15 is 0 Å². The van der Waals surface area contributed by atoms with Crippen LogP contribution in [0.4, 0.5) is 0 Å². The van der Waals surface area contributed by atoms with Gasteiger partial charge in [-0.1, -0.05) is 243 Å². The van der Waals surface area contributed by atoms with Gasteiger partial charge in [0.2, 0.25) is 0 Å². The maximum Gasteiger partial charge on any atom is 0.306 e. The largest absolute Gasteiger partial charge is 0.462 e. The number of esters is 2. The van der Waals surface area contributed by atoms with Crippen molar-refractivity contribution in [3.63, 3.8) is 0 Å². The molecule has 0 aromatic heterocycles. The smallest absolute Gasteiger partial charge is 0.306 e. The molecule has 70 heavy (non-hydrogen) atoms. The zero-order chi connectivity index (χ0) is 50.6. The average Bonchev–Trinajstić information content (AvgIpc) is 3.36. The van der Waals surface area contributed by atoms with Crippen LogP contribution in [0, 0.1) is 0 Å². The summed E-state index contributed by atoms with van der Waals surface area (Å²) in [6.07, 6.45) is 89.6. The Morgan fingerprint density at radius 1 is 0.343 bits per heavy atom. The highest BCUT2D eigenvalue weighted by molar-refractivity contribution is 5.70. The number of hydrogen-bond acceptors (Lipinski definition) is 5. The van der Waals surface area contributed by atoms with Crippen molar-refractivity contribution in [3.05, 3.63) is 146 Å². The summed E-state index contributed by atoms with van der Waals surface area (Å²) in [6, 6.07) is 0. The molecule has 0 aromatic carbocycles. The lowest BCUT2D eigenvalue weighted by Gasteiger charge is -2.15. The normalized spacial score (nSPS) is 13.4. The van der Waals surface area contributed by atoms with E-state index in [1.807, 2.05) is 0 Å². The molecule has 5 heteroatoms. The molecular weight excluding hydrogens is 861 g/mol. The van der Waals surface area contributed by atoms with E-state index < -0.39 is 6.10 Å². The molecular formula is C65H104O5. The van der Waals surface area contributed by atoms with E-state index in [2.05, 4.69) is 160 Å². The summed E-state index contributed by atoms with van der Waals surface area (Å²) in [7, 11) is 0. The zero-order valence-corrected chi connectivity index (χ0v) is 45.0. The summed E-state index contributed by atoms with van der Waals surface area (Å²) >= 11 is 0. The molecule has 0 saturated carbocycles. The molecule has 1 atom stereocenters. The molecule has 0 fully saturated rings. The Morgan fingerprint density at radius 3 is 0.929 bits per heavy atom. The number of aliphatic hydroxyl groups excluding tert-OH is 1. The van der Waals surface area contributed by atoms with Gasteiger partial charge in [0, 0.05) is 12.8 Å². The number of ether oxygens (including phenoxy) is 2. The van der Waals surface area contributed by atoms with Gasteiger partial charge in [-0.05, 0) is 122 Å². The number of hydrogen-bond donors (Lipinski definition) is 1. The van der Waals surface area contributed by atoms with E-state index in [0.717, 1.165) is 116 Å². The predicted molar refractivity (Wildman–Crippen MR) is 306 cm³/mol. The molecule has 0 heterocycles. The van der Waals surface area contributed by atoms with Crippen molar-refractivity contribution in [1.29, 1.82) is 0 Å². The molecule has 0 spiro atoms. The fourth-order valence-electron chi connectivity index (χ4n) is 7.38. The molecule has 0 saturated heterocycles. The van der Waals surface area contributed by atoms with Crippen molar-refractivity contribution in [3.8, 4) is 0 Å². The highest BCUT2D eigenvalue weighted by Gasteiger charge is 2.16. The van der Waals surface area contributed by atoms with Gasteiger partial charge in [0.15, 0.2) is 6.10 Å². The third-order valence-corrected chi connectivity index (χ3v) is 11.6. The van der Waals surface area contributed by atoms with E-state index in [4.69, 9.17) is 9.47 Å². The molecule has 0 aliphatic carbocycles. The maximum atomic E-state index is 12.3. The quantitative estimate of drug-likeness (QED) is 0.0374. The Kier molecular flexibility index (Phi) is 55.5. The molecule has 1 N–H and O–H groups in total. The number of carbonyl (C=O) groups is 2. The molecule has 1 unspecified atom stereocenters. The van der Waals surface area contributed by atoms with E-state index in [0.29, 0.717) is 12.8 Å². The standard InChI is InChI=1S/C65H104O5/c1-3-5-7-9-11-13-15-17-19-20-21-22-23-24-25-26-27-28-29-30-31-32-33-34-35-36-37-38-39-40-41-42-43-44-46-48-50-52-54-56-58-60-65(68)70-63(61-66)62-69-64(67)59-57-55-53-51-49-47-45-18-16-14-12-10-8-6-4-2/h5,7,11-14,17-19,21-22,24-25,27-28,30-31,33-34,36-37,39-40,45,63,66H,3-4,6,8-10,15-16,20,23,26,29,32,35,38,41-44,46-62H2,1-2H3/b7-5-,13-11-,14-12-,19-17-,22-21-,25-24-,28-27-,31-30-,34-33-,37-36-,40-39-,45-18-. The highest BCUT2D eigenvalue weighted by atomic mass is 16.6. The number of allylic oxidation sites excluding steroid dienone is 24. The van der Waals surface area contributed by atoms with Gasteiger partial charge in [0.05, 0.1) is 6.61 Å². The molecule has 0 radical (unpaired) electrons. The van der Waals surface area contributed by atoms with Crippen LogP contribution in [0.25, 0.3) is 0 Å². The van der Waals surface area contributed by atoms with Crippen molar-refractivity contribution in [2.45, 2.75) is 238 Å². The molecule has 5 nitrogen and oxygen atoms in total. The molecule has 0 aliphatic rings. The summed E-state index contributed by atoms with van der Waals surface area (Å²) in [5, 5.41) is 9.63. The number of aliphatic hydroxyl groups is 1. The molecule has 0 aromatic rings. The fourth-order valence-corrected chi connectivity index (χ4v) is 7.38. The predicted octanol–water partition coefficient (Wildman–Crippen LogP) is 19.4. The number of unbranched alkanes of at least 4 members (excludes halogenated alkanes) is 18. The minimum atomic E-state index is -0.789. The third kappa shape index (κ3) is 56.4. The average molecular weight is 966 g/mol. The van der Waals surface area contributed by atoms with Gasteiger partial charge in [-0.25, -0.2) is 0 Å². The zero-order valence-electron chi connectivity index (χ0n) is 45.0. The van der Waals surface area contributed by atoms with Gasteiger partial charge in [0.1, 0.15) is 6.61 Å². The summed E-state index contributed by atoms with van der Waals surface area (Å²) in [5.74, 6) is -0.619. The molecule has 0 bridgehead atoms. The molecule has 394 valence electrons. The molecule has 0 rings (SSSR count). The number of rotatable bonds is 50. The van der Waals surface area contributed by atoms with Gasteiger partial charge in [0.25, 0.3) is 0 Å². The highest BCUT2D eigenvalue weighted by Crippen LogP contribution is 2.14. The van der Waals surface area contributed by atoms with Gasteiger partial charge >= 0.3 is 11.9 Å². The van der Waals surface area contributed by atoms with Crippen molar-refractivity contribution >= 4 is 11.9 Å². The first-order valence-corrected chi connectivity index (χ1v) is 28.4. The van der Waals surface area contributed by atoms with Gasteiger partial charge in [-0.2, -0.15) is 0 Å². The number of carbonyl (C=O) groups excluding carboxylic acids is 2. The topological polar surface area (TPSA) is 72.8 Å². The second-order valence-corrected chi connectivity index (χ2v) is 18.3. The minimum absolute atomic E-state index is 0.0819. The maximum absolute atomic E-state index is 12.3. The van der Waals surface area contributed by atoms with Crippen LogP contribution in [0.15, 0.2) is 146 Å². The first-order chi connectivity index (χ1) is 34.6. The lowest BCUT2D eigenvalue weighted by atomic mass is 10.0. The van der Waals surface area contributed by atoms with Crippen LogP contribution in [0.5, 0.6) is 0 Å². The van der Waals surface area contributed by atoms with Crippen LogP contribution in [0.1, 0.15) is 232 Å². The van der Waals surface area contributed by atoms with Crippen LogP contribution in [-0.2, 0) is 19.1 Å². The van der Waals surface area contributed by atoms with Crippen molar-refractivity contribution in [2.75, 3.05) is 13.2 Å². The van der Waals surface area contributed by atoms with Crippen LogP contribution in [0.3, 0.4) is 0 Å². The summed E-state index contributed by atoms with van der Waals surface area (Å²) in [4.78, 5) is 24.4. The van der Waals surface area contributed by atoms with Gasteiger partial charge in [-0.15, -0.1) is 0 Å². The first kappa shape index (κ1) is 65.8. The summed E-state index contributed by atoms with van der Waals surface area (Å²) in [5.41, 5.74) is 0. The summed E-state index contributed by atoms with van der Waals surface area (Å²) in [6.45, 7) is 3.97. The fraction of sp³-hybridized carbons (Fsp3) is 0.600. The first-order valence-electron chi connectivity index (χ1n) is 28.4. The Hall–Kier alpha value is -4.22. The SMILES string of the molecule is CC/C=C\C/C=C\C/C=C\C/C=C\C/C=C\C/C=C\C/C=C\C/C=C\C/C=C\C/C=C\CCCCCCCCCCCCC(=O)OC(CO)COC(=O)CCCCCCC/C=C\C/C=C\CCCCC. The van der Waals surface area contributed by atoms with Gasteiger partial charge in [-0.3, -0.25) is 9.59 Å². The third-order valence-electron chi connectivity index (χ3n) is 11.6. The van der Waals surface area contributed by atoms with E-state index in [1.54, 1.807) is 0 Å². The van der Waals surface area contributed by atoms with E-state index in [-0.39, 0.29) is 25.2 Å². The van der Waals surface area contributed by atoms with Crippen molar-refractivity contribution in [1.82, 2.24) is 0 Å². The monoisotopic (exact) mass is 965 g/mol. The van der Waals surface area contributed by atoms with E-state index in [1.165, 1.54) is 89.9 Å². The van der Waals surface area contributed by atoms with E-state index in [9.17, 15) is 14.7 Å². The second kappa shape index (κ2) is 59.1. The van der Waals surface area contributed by atoms with Crippen LogP contribution >= 0.6 is 0 Å². The Labute approximate surface area is 431 Å². The Bertz CT molecular complexity index is 1510. The van der Waals surface area contributed by atoms with Crippen molar-refractivity contribution < 1.29 is 24.2 Å². The summed E-state index contributed by atoms with van der Waals surface area (Å²) < 4.78 is 10.7. The lowest BCUT2D eigenvalue weighted by molar-refractivity contribution is -0.161. The van der Waals surface area contributed by atoms with Crippen molar-refractivity contribution in [2.24, 2.45) is 0 Å². The van der Waals surface area contributed by atoms with Gasteiger partial charge < -0.3 is 14.6 Å². The lowest BCUT2D eigenvalue weighted by Crippen LogP contribution is -2.28.